The Balaban J connectivity index is 1.78. The molecule has 0 aromatic heterocycles. The van der Waals surface area contributed by atoms with Gasteiger partial charge in [-0.25, -0.2) is 0 Å². The summed E-state index contributed by atoms with van der Waals surface area (Å²) in [5, 5.41) is 3.71. The van der Waals surface area contributed by atoms with E-state index in [1.807, 2.05) is 0 Å². The van der Waals surface area contributed by atoms with Crippen LogP contribution < -0.4 is 10.1 Å². The summed E-state index contributed by atoms with van der Waals surface area (Å²) in [5.41, 5.74) is 1.70. The molecule has 2 nitrogen and oxygen atoms in total. The van der Waals surface area contributed by atoms with Gasteiger partial charge in [-0.3, -0.25) is 0 Å². The van der Waals surface area contributed by atoms with Gasteiger partial charge in [-0.1, -0.05) is 38.3 Å². The first-order valence-corrected chi connectivity index (χ1v) is 7.69. The fourth-order valence-corrected chi connectivity index (χ4v) is 2.69. The summed E-state index contributed by atoms with van der Waals surface area (Å²) < 4.78 is 5.68. The van der Waals surface area contributed by atoms with E-state index in [0.29, 0.717) is 5.54 Å². The van der Waals surface area contributed by atoms with Gasteiger partial charge in [-0.2, -0.15) is 0 Å². The van der Waals surface area contributed by atoms with Crippen LogP contribution in [0, 0.1) is 0 Å². The van der Waals surface area contributed by atoms with E-state index in [1.54, 1.807) is 0 Å². The van der Waals surface area contributed by atoms with Crippen molar-refractivity contribution in [1.29, 1.82) is 0 Å². The van der Waals surface area contributed by atoms with Crippen LogP contribution >= 0.6 is 0 Å². The molecule has 0 saturated heterocycles. The zero-order valence-corrected chi connectivity index (χ0v) is 12.4. The summed E-state index contributed by atoms with van der Waals surface area (Å²) in [7, 11) is 0. The van der Waals surface area contributed by atoms with Crippen LogP contribution in [0.15, 0.2) is 24.3 Å². The van der Waals surface area contributed by atoms with Crippen molar-refractivity contribution in [2.45, 2.75) is 64.5 Å². The molecule has 0 aliphatic heterocycles. The smallest absolute Gasteiger partial charge is 0.119 e. The van der Waals surface area contributed by atoms with Crippen molar-refractivity contribution < 1.29 is 4.74 Å². The number of benzene rings is 1. The number of nitrogens with one attached hydrogen (secondary N) is 1. The first kappa shape index (κ1) is 14.4. The summed E-state index contributed by atoms with van der Waals surface area (Å²) in [4.78, 5) is 0. The third kappa shape index (κ3) is 4.54. The van der Waals surface area contributed by atoms with E-state index in [1.165, 1.54) is 37.7 Å². The van der Waals surface area contributed by atoms with E-state index in [2.05, 4.69) is 43.4 Å². The molecule has 0 spiro atoms. The van der Waals surface area contributed by atoms with Gasteiger partial charge >= 0.3 is 0 Å². The molecule has 0 heterocycles. The Hall–Kier alpha value is -1.02. The highest BCUT2D eigenvalue weighted by molar-refractivity contribution is 5.27. The van der Waals surface area contributed by atoms with Gasteiger partial charge in [0.25, 0.3) is 0 Å². The van der Waals surface area contributed by atoms with Gasteiger partial charge in [0.05, 0.1) is 6.61 Å². The monoisotopic (exact) mass is 261 g/mol. The van der Waals surface area contributed by atoms with Gasteiger partial charge in [0, 0.05) is 12.1 Å². The summed E-state index contributed by atoms with van der Waals surface area (Å²) >= 11 is 0. The van der Waals surface area contributed by atoms with E-state index in [0.717, 1.165) is 25.3 Å². The molecule has 0 bridgehead atoms. The molecule has 0 amide bonds. The molecular formula is C17H27NO. The lowest BCUT2D eigenvalue weighted by Gasteiger charge is -2.25. The second-order valence-corrected chi connectivity index (χ2v) is 5.97. The minimum absolute atomic E-state index is 0.357. The van der Waals surface area contributed by atoms with E-state index in [4.69, 9.17) is 4.74 Å². The molecule has 2 rings (SSSR count). The Morgan fingerprint density at radius 3 is 2.47 bits per heavy atom. The summed E-state index contributed by atoms with van der Waals surface area (Å²) in [5.74, 6) is 0.990. The predicted molar refractivity (Wildman–Crippen MR) is 80.6 cm³/mol. The van der Waals surface area contributed by atoms with Crippen molar-refractivity contribution >= 4 is 0 Å². The Morgan fingerprint density at radius 1 is 1.16 bits per heavy atom. The van der Waals surface area contributed by atoms with Crippen molar-refractivity contribution in [3.05, 3.63) is 29.8 Å². The predicted octanol–water partition coefficient (Wildman–Crippen LogP) is 4.29. The average Bonchev–Trinajstić information content (AvgIpc) is 2.86. The van der Waals surface area contributed by atoms with Crippen molar-refractivity contribution in [1.82, 2.24) is 5.32 Å². The zero-order valence-electron chi connectivity index (χ0n) is 12.4. The normalized spacial score (nSPS) is 17.6. The zero-order chi connectivity index (χ0) is 13.6. The molecule has 1 aromatic carbocycles. The van der Waals surface area contributed by atoms with Gasteiger partial charge in [-0.15, -0.1) is 0 Å². The van der Waals surface area contributed by atoms with Crippen LogP contribution in [0.4, 0.5) is 0 Å². The molecule has 1 aliphatic rings. The maximum atomic E-state index is 5.68. The lowest BCUT2D eigenvalue weighted by atomic mass is 10.0. The highest BCUT2D eigenvalue weighted by atomic mass is 16.5. The molecule has 0 radical (unpaired) electrons. The maximum Gasteiger partial charge on any atom is 0.119 e. The molecular weight excluding hydrogens is 234 g/mol. The van der Waals surface area contributed by atoms with E-state index in [-0.39, 0.29) is 0 Å². The Kier molecular flexibility index (Phi) is 5.26. The van der Waals surface area contributed by atoms with Crippen LogP contribution in [0.1, 0.15) is 57.9 Å². The maximum absolute atomic E-state index is 5.68. The number of hydrogen-bond acceptors (Lipinski definition) is 2. The molecule has 0 unspecified atom stereocenters. The second-order valence-electron chi connectivity index (χ2n) is 5.97. The van der Waals surface area contributed by atoms with E-state index < -0.39 is 0 Å². The fraction of sp³-hybridized carbons (Fsp3) is 0.647. The van der Waals surface area contributed by atoms with Gasteiger partial charge in [0.2, 0.25) is 0 Å². The van der Waals surface area contributed by atoms with E-state index >= 15 is 0 Å². The van der Waals surface area contributed by atoms with Crippen molar-refractivity contribution in [2.75, 3.05) is 6.61 Å². The number of rotatable bonds is 7. The van der Waals surface area contributed by atoms with Crippen LogP contribution in [0.3, 0.4) is 0 Å². The highest BCUT2D eigenvalue weighted by Gasteiger charge is 2.27. The van der Waals surface area contributed by atoms with Crippen molar-refractivity contribution in [2.24, 2.45) is 0 Å². The van der Waals surface area contributed by atoms with Crippen LogP contribution in [-0.2, 0) is 6.54 Å². The first-order valence-electron chi connectivity index (χ1n) is 7.69. The second kappa shape index (κ2) is 6.95. The molecule has 1 aliphatic carbocycles. The molecule has 19 heavy (non-hydrogen) atoms. The number of unbranched alkanes of at least 4 members (excludes halogenated alkanes) is 1. The standard InChI is InChI=1S/C17H27NO/c1-3-4-13-19-16-9-7-15(8-10-16)14-18-17(2)11-5-6-12-17/h7-10,18H,3-6,11-14H2,1-2H3. The Labute approximate surface area is 117 Å². The summed E-state index contributed by atoms with van der Waals surface area (Å²) in [6, 6.07) is 8.52. The Bertz CT molecular complexity index is 365. The van der Waals surface area contributed by atoms with Crippen molar-refractivity contribution in [3.63, 3.8) is 0 Å². The third-order valence-electron chi connectivity index (χ3n) is 4.12. The van der Waals surface area contributed by atoms with Crippen LogP contribution in [-0.4, -0.2) is 12.1 Å². The molecule has 0 atom stereocenters. The molecule has 1 saturated carbocycles. The molecule has 1 fully saturated rings. The van der Waals surface area contributed by atoms with Crippen LogP contribution in [0.2, 0.25) is 0 Å². The first-order chi connectivity index (χ1) is 9.22. The molecule has 1 aromatic rings. The average molecular weight is 261 g/mol. The fourth-order valence-electron chi connectivity index (χ4n) is 2.69. The minimum Gasteiger partial charge on any atom is -0.494 e. The SMILES string of the molecule is CCCCOc1ccc(CNC2(C)CCCC2)cc1. The summed E-state index contributed by atoms with van der Waals surface area (Å²) in [6.07, 6.45) is 7.67. The largest absolute Gasteiger partial charge is 0.494 e. The van der Waals surface area contributed by atoms with Gasteiger partial charge in [-0.05, 0) is 43.9 Å². The topological polar surface area (TPSA) is 21.3 Å². The van der Waals surface area contributed by atoms with E-state index in [9.17, 15) is 0 Å². The van der Waals surface area contributed by atoms with Gasteiger partial charge in [0.15, 0.2) is 0 Å². The minimum atomic E-state index is 0.357. The van der Waals surface area contributed by atoms with Crippen LogP contribution in [0.5, 0.6) is 5.75 Å². The highest BCUT2D eigenvalue weighted by Crippen LogP contribution is 2.29. The van der Waals surface area contributed by atoms with Crippen LogP contribution in [0.25, 0.3) is 0 Å². The van der Waals surface area contributed by atoms with Gasteiger partial charge in [0.1, 0.15) is 5.75 Å². The molecule has 106 valence electrons. The molecule has 1 N–H and O–H groups in total. The molecule has 2 heteroatoms. The lowest BCUT2D eigenvalue weighted by Crippen LogP contribution is -2.38. The summed E-state index contributed by atoms with van der Waals surface area (Å²) in [6.45, 7) is 6.32. The number of ether oxygens (including phenoxy) is 1. The number of hydrogen-bond donors (Lipinski definition) is 1. The lowest BCUT2D eigenvalue weighted by molar-refractivity contribution is 0.309. The quantitative estimate of drug-likeness (QED) is 0.739. The Morgan fingerprint density at radius 2 is 1.84 bits per heavy atom. The van der Waals surface area contributed by atoms with Gasteiger partial charge < -0.3 is 10.1 Å². The van der Waals surface area contributed by atoms with Crippen molar-refractivity contribution in [3.8, 4) is 5.75 Å². The third-order valence-corrected chi connectivity index (χ3v) is 4.12.